The fourth-order valence-electron chi connectivity index (χ4n) is 2.86. The quantitative estimate of drug-likeness (QED) is 0.469. The van der Waals surface area contributed by atoms with Gasteiger partial charge < -0.3 is 4.90 Å². The average Bonchev–Trinajstić information content (AvgIpc) is 2.73. The molecule has 0 radical (unpaired) electrons. The molecule has 5 nitrogen and oxygen atoms in total. The molecule has 0 saturated heterocycles. The molecule has 2 aromatic carbocycles. The largest absolute Gasteiger partial charge is 0.405 e. The fraction of sp³-hybridized carbons (Fsp3) is 0.235. The Morgan fingerprint density at radius 3 is 2.54 bits per heavy atom. The van der Waals surface area contributed by atoms with E-state index in [1.807, 2.05) is 0 Å². The van der Waals surface area contributed by atoms with Crippen LogP contribution in [0, 0.1) is 15.9 Å². The van der Waals surface area contributed by atoms with E-state index in [0.717, 1.165) is 17.0 Å². The van der Waals surface area contributed by atoms with E-state index in [0.29, 0.717) is 0 Å². The van der Waals surface area contributed by atoms with E-state index in [2.05, 4.69) is 4.99 Å². The second-order valence-electron chi connectivity index (χ2n) is 5.71. The van der Waals surface area contributed by atoms with Gasteiger partial charge in [-0.15, -0.1) is 0 Å². The minimum absolute atomic E-state index is 0.00221. The summed E-state index contributed by atoms with van der Waals surface area (Å²) in [5, 5.41) is 11.1. The zero-order chi connectivity index (χ0) is 18.9. The number of fused-ring (bicyclic) bond motifs is 1. The van der Waals surface area contributed by atoms with E-state index in [9.17, 15) is 27.7 Å². The molecule has 2 aromatic rings. The third kappa shape index (κ3) is 3.66. The smallest absolute Gasteiger partial charge is 0.360 e. The van der Waals surface area contributed by atoms with Gasteiger partial charge in [0.25, 0.3) is 5.69 Å². The summed E-state index contributed by atoms with van der Waals surface area (Å²) in [4.78, 5) is 15.7. The molecule has 1 heterocycles. The van der Waals surface area contributed by atoms with Crippen molar-refractivity contribution in [1.82, 2.24) is 0 Å². The normalized spacial score (nSPS) is 14.5. The van der Waals surface area contributed by atoms with E-state index in [-0.39, 0.29) is 41.3 Å². The van der Waals surface area contributed by atoms with Crippen molar-refractivity contribution >= 4 is 17.1 Å². The van der Waals surface area contributed by atoms with Gasteiger partial charge in [-0.2, -0.15) is 13.2 Å². The number of hydrogen-bond donors (Lipinski definition) is 0. The number of nitrogens with zero attached hydrogens (tertiary/aromatic N) is 3. The zero-order valence-corrected chi connectivity index (χ0v) is 13.3. The van der Waals surface area contributed by atoms with Gasteiger partial charge in [0.1, 0.15) is 12.4 Å². The lowest BCUT2D eigenvalue weighted by molar-refractivity contribution is -0.384. The highest BCUT2D eigenvalue weighted by molar-refractivity contribution is 6.16. The maximum absolute atomic E-state index is 14.2. The topological polar surface area (TPSA) is 58.7 Å². The highest BCUT2D eigenvalue weighted by atomic mass is 19.4. The number of rotatable bonds is 3. The first-order valence-corrected chi connectivity index (χ1v) is 7.66. The van der Waals surface area contributed by atoms with Gasteiger partial charge in [0, 0.05) is 35.5 Å². The van der Waals surface area contributed by atoms with Crippen LogP contribution in [-0.4, -0.2) is 36.4 Å². The second-order valence-corrected chi connectivity index (χ2v) is 5.71. The number of non-ortho nitro benzene ring substituents is 1. The highest BCUT2D eigenvalue weighted by Crippen LogP contribution is 2.32. The number of alkyl halides is 3. The van der Waals surface area contributed by atoms with E-state index >= 15 is 0 Å². The van der Waals surface area contributed by atoms with Gasteiger partial charge in [-0.05, 0) is 18.2 Å². The monoisotopic (exact) mass is 367 g/mol. The van der Waals surface area contributed by atoms with E-state index in [1.165, 1.54) is 24.3 Å². The van der Waals surface area contributed by atoms with Crippen LogP contribution in [0.1, 0.15) is 11.1 Å². The predicted molar refractivity (Wildman–Crippen MR) is 88.3 cm³/mol. The zero-order valence-electron chi connectivity index (χ0n) is 13.3. The number of nitro groups is 1. The molecule has 0 aromatic heterocycles. The van der Waals surface area contributed by atoms with Crippen LogP contribution < -0.4 is 4.90 Å². The summed E-state index contributed by atoms with van der Waals surface area (Å²) in [6.45, 7) is -1.26. The molecular formula is C17H13F4N3O2. The van der Waals surface area contributed by atoms with E-state index in [1.54, 1.807) is 6.07 Å². The van der Waals surface area contributed by atoms with Gasteiger partial charge in [-0.1, -0.05) is 12.1 Å². The van der Waals surface area contributed by atoms with E-state index in [4.69, 9.17) is 0 Å². The van der Waals surface area contributed by atoms with Crippen molar-refractivity contribution in [1.29, 1.82) is 0 Å². The Hall–Kier alpha value is -2.97. The molecule has 0 saturated carbocycles. The molecule has 26 heavy (non-hydrogen) atoms. The van der Waals surface area contributed by atoms with Crippen LogP contribution in [0.4, 0.5) is 28.9 Å². The standard InChI is InChI=1S/C17H13F4N3O2/c18-14-4-2-1-3-12(14)16-13-9-11(24(25)26)5-6-15(13)23(8-7-22-16)10-17(19,20)21/h1-6,9H,7-8,10H2. The van der Waals surface area contributed by atoms with Gasteiger partial charge in [0.2, 0.25) is 0 Å². The van der Waals surface area contributed by atoms with E-state index < -0.39 is 23.5 Å². The third-order valence-electron chi connectivity index (χ3n) is 3.93. The number of hydrogen-bond acceptors (Lipinski definition) is 4. The van der Waals surface area contributed by atoms with Gasteiger partial charge in [-0.3, -0.25) is 15.1 Å². The third-order valence-corrected chi connectivity index (χ3v) is 3.93. The highest BCUT2D eigenvalue weighted by Gasteiger charge is 2.33. The molecule has 0 spiro atoms. The molecule has 3 rings (SSSR count). The Balaban J connectivity index is 2.17. The molecule has 0 N–H and O–H groups in total. The average molecular weight is 367 g/mol. The lowest BCUT2D eigenvalue weighted by atomic mass is 9.99. The summed E-state index contributed by atoms with van der Waals surface area (Å²) < 4.78 is 53.0. The van der Waals surface area contributed by atoms with Crippen molar-refractivity contribution in [3.05, 3.63) is 69.5 Å². The Morgan fingerprint density at radius 1 is 1.15 bits per heavy atom. The maximum atomic E-state index is 14.2. The van der Waals surface area contributed by atoms with Gasteiger partial charge >= 0.3 is 6.18 Å². The Bertz CT molecular complexity index is 881. The van der Waals surface area contributed by atoms with Crippen molar-refractivity contribution in [2.24, 2.45) is 4.99 Å². The Morgan fingerprint density at radius 2 is 1.88 bits per heavy atom. The molecule has 1 aliphatic heterocycles. The van der Waals surface area contributed by atoms with Gasteiger partial charge in [0.05, 0.1) is 17.2 Å². The molecule has 9 heteroatoms. The molecule has 0 bridgehead atoms. The van der Waals surface area contributed by atoms with Crippen molar-refractivity contribution < 1.29 is 22.5 Å². The first-order valence-electron chi connectivity index (χ1n) is 7.66. The minimum Gasteiger partial charge on any atom is -0.360 e. The van der Waals surface area contributed by atoms with Crippen molar-refractivity contribution in [3.63, 3.8) is 0 Å². The van der Waals surface area contributed by atoms with Crippen LogP contribution >= 0.6 is 0 Å². The predicted octanol–water partition coefficient (Wildman–Crippen LogP) is 3.95. The van der Waals surface area contributed by atoms with Crippen LogP contribution in [0.3, 0.4) is 0 Å². The summed E-state index contributed by atoms with van der Waals surface area (Å²) in [6, 6.07) is 9.20. The molecule has 0 fully saturated rings. The van der Waals surface area contributed by atoms with Gasteiger partial charge in [-0.25, -0.2) is 4.39 Å². The van der Waals surface area contributed by atoms with Crippen LogP contribution in [0.15, 0.2) is 47.5 Å². The molecule has 136 valence electrons. The molecule has 0 atom stereocenters. The summed E-state index contributed by atoms with van der Waals surface area (Å²) in [5.41, 5.74) is 0.120. The first kappa shape index (κ1) is 17.8. The SMILES string of the molecule is O=[N+]([O-])c1ccc2c(c1)C(c1ccccc1F)=NCCN2CC(F)(F)F. The number of aliphatic imine (C=N–C) groups is 1. The summed E-state index contributed by atoms with van der Waals surface area (Å²) in [5.74, 6) is -0.604. The Kier molecular flexibility index (Phi) is 4.62. The second kappa shape index (κ2) is 6.74. The lowest BCUT2D eigenvalue weighted by Gasteiger charge is -2.25. The Labute approximate surface area is 145 Å². The number of nitro benzene ring substituents is 1. The van der Waals surface area contributed by atoms with Crippen molar-refractivity contribution in [2.45, 2.75) is 6.18 Å². The molecule has 0 amide bonds. The van der Waals surface area contributed by atoms with Crippen LogP contribution in [0.5, 0.6) is 0 Å². The number of benzodiazepines with no additional fused rings is 1. The molecule has 1 aliphatic rings. The summed E-state index contributed by atoms with van der Waals surface area (Å²) in [6.07, 6.45) is -4.46. The first-order chi connectivity index (χ1) is 12.3. The molecule has 0 unspecified atom stereocenters. The lowest BCUT2D eigenvalue weighted by Crippen LogP contribution is -2.36. The van der Waals surface area contributed by atoms with Crippen LogP contribution in [-0.2, 0) is 0 Å². The molecular weight excluding hydrogens is 354 g/mol. The molecule has 0 aliphatic carbocycles. The minimum atomic E-state index is -4.46. The number of benzene rings is 2. The number of anilines is 1. The van der Waals surface area contributed by atoms with Crippen LogP contribution in [0.25, 0.3) is 0 Å². The summed E-state index contributed by atoms with van der Waals surface area (Å²) in [7, 11) is 0. The fourth-order valence-corrected chi connectivity index (χ4v) is 2.86. The van der Waals surface area contributed by atoms with Gasteiger partial charge in [0.15, 0.2) is 0 Å². The maximum Gasteiger partial charge on any atom is 0.405 e. The van der Waals surface area contributed by atoms with Crippen molar-refractivity contribution in [2.75, 3.05) is 24.5 Å². The van der Waals surface area contributed by atoms with Crippen LogP contribution in [0.2, 0.25) is 0 Å². The number of halogens is 4. The van der Waals surface area contributed by atoms with Crippen molar-refractivity contribution in [3.8, 4) is 0 Å². The summed E-state index contributed by atoms with van der Waals surface area (Å²) >= 11 is 0.